The number of hydrogen-bond acceptors (Lipinski definition) is 2. The molecule has 0 radical (unpaired) electrons. The lowest BCUT2D eigenvalue weighted by molar-refractivity contribution is -0.122. The van der Waals surface area contributed by atoms with E-state index in [1.54, 1.807) is 0 Å². The van der Waals surface area contributed by atoms with Gasteiger partial charge in [-0.05, 0) is 30.0 Å². The van der Waals surface area contributed by atoms with Crippen molar-refractivity contribution in [3.8, 4) is 5.75 Å². The Morgan fingerprint density at radius 3 is 2.65 bits per heavy atom. The van der Waals surface area contributed by atoms with Gasteiger partial charge in [-0.25, -0.2) is 0 Å². The molecule has 0 fully saturated rings. The maximum atomic E-state index is 12.3. The molecule has 1 N–H and O–H groups in total. The molecule has 0 saturated carbocycles. The third kappa shape index (κ3) is 3.92. The lowest BCUT2D eigenvalue weighted by Gasteiger charge is -2.26. The summed E-state index contributed by atoms with van der Waals surface area (Å²) in [6.45, 7) is 2.80. The first kappa shape index (κ1) is 15.6. The first-order chi connectivity index (χ1) is 11.3. The highest BCUT2D eigenvalue weighted by Crippen LogP contribution is 2.31. The topological polar surface area (TPSA) is 38.3 Å². The lowest BCUT2D eigenvalue weighted by atomic mass is 10.00. The molecule has 2 aromatic carbocycles. The maximum Gasteiger partial charge on any atom is 0.220 e. The molecule has 3 heteroatoms. The van der Waals surface area contributed by atoms with Crippen LogP contribution in [0.2, 0.25) is 0 Å². The third-order valence-electron chi connectivity index (χ3n) is 4.37. The predicted molar refractivity (Wildman–Crippen MR) is 91.6 cm³/mol. The van der Waals surface area contributed by atoms with Crippen molar-refractivity contribution in [3.63, 3.8) is 0 Å². The van der Waals surface area contributed by atoms with Crippen molar-refractivity contribution in [3.05, 3.63) is 65.2 Å². The number of carbonyl (C=O) groups excluding carboxylic acids is 1. The van der Waals surface area contributed by atoms with Crippen LogP contribution in [0.3, 0.4) is 0 Å². The molecule has 3 nitrogen and oxygen atoms in total. The molecule has 0 saturated heterocycles. The Hall–Kier alpha value is -2.29. The minimum absolute atomic E-state index is 0.0647. The standard InChI is InChI=1S/C20H23NO2/c1-2-15-7-9-16(10-8-15)11-12-20(22)21-18-13-14-23-19-6-4-3-5-17(18)19/h3-10,18H,2,11-14H2,1H3,(H,21,22). The molecule has 1 amide bonds. The summed E-state index contributed by atoms with van der Waals surface area (Å²) < 4.78 is 5.64. The van der Waals surface area contributed by atoms with Crippen LogP contribution in [0.25, 0.3) is 0 Å². The summed E-state index contributed by atoms with van der Waals surface area (Å²) in [4.78, 5) is 12.3. The van der Waals surface area contributed by atoms with Crippen LogP contribution >= 0.6 is 0 Å². The quantitative estimate of drug-likeness (QED) is 0.912. The lowest BCUT2D eigenvalue weighted by Crippen LogP contribution is -2.32. The van der Waals surface area contributed by atoms with Gasteiger partial charge in [0.25, 0.3) is 0 Å². The number of amides is 1. The van der Waals surface area contributed by atoms with Gasteiger partial charge >= 0.3 is 0 Å². The normalized spacial score (nSPS) is 16.3. The van der Waals surface area contributed by atoms with E-state index in [9.17, 15) is 4.79 Å². The summed E-state index contributed by atoms with van der Waals surface area (Å²) in [5.74, 6) is 0.991. The summed E-state index contributed by atoms with van der Waals surface area (Å²) in [6.07, 6.45) is 3.17. The zero-order chi connectivity index (χ0) is 16.1. The number of rotatable bonds is 5. The summed E-state index contributed by atoms with van der Waals surface area (Å²) in [5.41, 5.74) is 3.63. The number of fused-ring (bicyclic) bond motifs is 1. The van der Waals surface area contributed by atoms with Crippen molar-refractivity contribution in [2.45, 2.75) is 38.6 Å². The van der Waals surface area contributed by atoms with E-state index in [2.05, 4.69) is 36.5 Å². The molecular formula is C20H23NO2. The highest BCUT2D eigenvalue weighted by Gasteiger charge is 2.22. The van der Waals surface area contributed by atoms with Gasteiger partial charge in [-0.1, -0.05) is 49.4 Å². The Kier molecular flexibility index (Phi) is 4.96. The average molecular weight is 309 g/mol. The van der Waals surface area contributed by atoms with E-state index in [1.165, 1.54) is 11.1 Å². The van der Waals surface area contributed by atoms with Crippen LogP contribution < -0.4 is 10.1 Å². The van der Waals surface area contributed by atoms with Crippen molar-refractivity contribution >= 4 is 5.91 Å². The minimum Gasteiger partial charge on any atom is -0.493 e. The number of carbonyl (C=O) groups is 1. The van der Waals surface area contributed by atoms with Gasteiger partial charge in [0.2, 0.25) is 5.91 Å². The first-order valence-electron chi connectivity index (χ1n) is 8.35. The average Bonchev–Trinajstić information content (AvgIpc) is 2.61. The largest absolute Gasteiger partial charge is 0.493 e. The molecule has 0 aromatic heterocycles. The number of hydrogen-bond donors (Lipinski definition) is 1. The minimum atomic E-state index is 0.0647. The van der Waals surface area contributed by atoms with Crippen molar-refractivity contribution in [2.24, 2.45) is 0 Å². The summed E-state index contributed by atoms with van der Waals surface area (Å²) in [6, 6.07) is 16.5. The van der Waals surface area contributed by atoms with Gasteiger partial charge in [0, 0.05) is 18.4 Å². The number of aryl methyl sites for hydroxylation is 2. The van der Waals surface area contributed by atoms with E-state index in [1.807, 2.05) is 24.3 Å². The number of nitrogens with one attached hydrogen (secondary N) is 1. The van der Waals surface area contributed by atoms with Crippen LogP contribution in [0, 0.1) is 0 Å². The van der Waals surface area contributed by atoms with Gasteiger partial charge in [0.15, 0.2) is 0 Å². The molecule has 1 heterocycles. The summed E-state index contributed by atoms with van der Waals surface area (Å²) in [5, 5.41) is 3.15. The Morgan fingerprint density at radius 1 is 1.13 bits per heavy atom. The van der Waals surface area contributed by atoms with Gasteiger partial charge < -0.3 is 10.1 Å². The Bertz CT molecular complexity index is 664. The van der Waals surface area contributed by atoms with Crippen LogP contribution in [-0.4, -0.2) is 12.5 Å². The Morgan fingerprint density at radius 2 is 1.87 bits per heavy atom. The van der Waals surface area contributed by atoms with Crippen molar-refractivity contribution in [1.29, 1.82) is 0 Å². The smallest absolute Gasteiger partial charge is 0.220 e. The molecule has 0 spiro atoms. The van der Waals surface area contributed by atoms with E-state index in [4.69, 9.17) is 4.74 Å². The fraction of sp³-hybridized carbons (Fsp3) is 0.350. The number of para-hydroxylation sites is 1. The molecule has 1 aliphatic heterocycles. The molecule has 3 rings (SSSR count). The second-order valence-electron chi connectivity index (χ2n) is 5.97. The molecule has 1 atom stereocenters. The molecule has 23 heavy (non-hydrogen) atoms. The zero-order valence-corrected chi connectivity index (χ0v) is 13.5. The molecule has 1 unspecified atom stereocenters. The maximum absolute atomic E-state index is 12.3. The second-order valence-corrected chi connectivity index (χ2v) is 5.97. The highest BCUT2D eigenvalue weighted by molar-refractivity contribution is 5.77. The summed E-state index contributed by atoms with van der Waals surface area (Å²) >= 11 is 0. The van der Waals surface area contributed by atoms with Gasteiger partial charge in [0.1, 0.15) is 5.75 Å². The van der Waals surface area contributed by atoms with Crippen LogP contribution in [0.1, 0.15) is 42.5 Å². The number of benzene rings is 2. The van der Waals surface area contributed by atoms with Crippen LogP contribution in [0.5, 0.6) is 5.75 Å². The molecular weight excluding hydrogens is 286 g/mol. The van der Waals surface area contributed by atoms with Crippen LogP contribution in [0.15, 0.2) is 48.5 Å². The zero-order valence-electron chi connectivity index (χ0n) is 13.5. The summed E-state index contributed by atoms with van der Waals surface area (Å²) in [7, 11) is 0. The highest BCUT2D eigenvalue weighted by atomic mass is 16.5. The van der Waals surface area contributed by atoms with Crippen molar-refractivity contribution < 1.29 is 9.53 Å². The Balaban J connectivity index is 1.55. The third-order valence-corrected chi connectivity index (χ3v) is 4.37. The number of ether oxygens (including phenoxy) is 1. The van der Waals surface area contributed by atoms with Crippen LogP contribution in [0.4, 0.5) is 0 Å². The van der Waals surface area contributed by atoms with E-state index in [-0.39, 0.29) is 11.9 Å². The molecule has 1 aliphatic rings. The van der Waals surface area contributed by atoms with Gasteiger partial charge in [0.05, 0.1) is 12.6 Å². The van der Waals surface area contributed by atoms with Crippen molar-refractivity contribution in [1.82, 2.24) is 5.32 Å². The van der Waals surface area contributed by atoms with Gasteiger partial charge in [-0.3, -0.25) is 4.79 Å². The monoisotopic (exact) mass is 309 g/mol. The fourth-order valence-electron chi connectivity index (χ4n) is 2.96. The van der Waals surface area contributed by atoms with E-state index >= 15 is 0 Å². The second kappa shape index (κ2) is 7.32. The van der Waals surface area contributed by atoms with Crippen LogP contribution in [-0.2, 0) is 17.6 Å². The first-order valence-corrected chi connectivity index (χ1v) is 8.35. The van der Waals surface area contributed by atoms with E-state index < -0.39 is 0 Å². The SMILES string of the molecule is CCc1ccc(CCC(=O)NC2CCOc3ccccc32)cc1. The van der Waals surface area contributed by atoms with Gasteiger partial charge in [-0.15, -0.1) is 0 Å². The molecule has 2 aromatic rings. The van der Waals surface area contributed by atoms with Gasteiger partial charge in [-0.2, -0.15) is 0 Å². The molecule has 0 aliphatic carbocycles. The van der Waals surface area contributed by atoms with Crippen molar-refractivity contribution in [2.75, 3.05) is 6.61 Å². The van der Waals surface area contributed by atoms with E-state index in [0.29, 0.717) is 13.0 Å². The Labute approximate surface area is 137 Å². The molecule has 0 bridgehead atoms. The fourth-order valence-corrected chi connectivity index (χ4v) is 2.96. The predicted octanol–water partition coefficient (Wildman–Crippen LogP) is 3.82. The molecule has 120 valence electrons. The van der Waals surface area contributed by atoms with E-state index in [0.717, 1.165) is 30.6 Å².